The van der Waals surface area contributed by atoms with Crippen molar-refractivity contribution < 1.29 is 13.2 Å². The fourth-order valence-electron chi connectivity index (χ4n) is 4.24. The van der Waals surface area contributed by atoms with Crippen molar-refractivity contribution in [2.75, 3.05) is 33.4 Å². The highest BCUT2D eigenvalue weighted by Crippen LogP contribution is 2.26. The van der Waals surface area contributed by atoms with Crippen molar-refractivity contribution in [1.29, 1.82) is 0 Å². The van der Waals surface area contributed by atoms with Crippen molar-refractivity contribution in [1.82, 2.24) is 9.21 Å². The minimum absolute atomic E-state index is 0.126. The SMILES string of the molecule is CC/C=C(\C=C/C(C)c1ccc(CCN(C)CCCC)cc1)S(=O)(=O)N1C(C)COCC1C. The highest BCUT2D eigenvalue weighted by atomic mass is 32.2. The lowest BCUT2D eigenvalue weighted by Gasteiger charge is -2.37. The van der Waals surface area contributed by atoms with Gasteiger partial charge in [0.05, 0.1) is 18.1 Å². The molecule has 1 aromatic rings. The van der Waals surface area contributed by atoms with Crippen molar-refractivity contribution in [2.45, 2.75) is 78.3 Å². The summed E-state index contributed by atoms with van der Waals surface area (Å²) in [5.74, 6) is 0.126. The summed E-state index contributed by atoms with van der Waals surface area (Å²) in [7, 11) is -1.38. The molecule has 0 bridgehead atoms. The summed E-state index contributed by atoms with van der Waals surface area (Å²) >= 11 is 0. The molecule has 0 aliphatic carbocycles. The fourth-order valence-corrected chi connectivity index (χ4v) is 6.19. The van der Waals surface area contributed by atoms with Crippen molar-refractivity contribution in [3.05, 3.63) is 58.5 Å². The second-order valence-electron chi connectivity index (χ2n) is 9.38. The van der Waals surface area contributed by atoms with E-state index in [9.17, 15) is 8.42 Å². The first-order chi connectivity index (χ1) is 15.7. The lowest BCUT2D eigenvalue weighted by molar-refractivity contribution is 0.00685. The second kappa shape index (κ2) is 13.4. The molecule has 2 rings (SSSR count). The van der Waals surface area contributed by atoms with Crippen LogP contribution in [0.2, 0.25) is 0 Å². The topological polar surface area (TPSA) is 49.9 Å². The monoisotopic (exact) mass is 476 g/mol. The van der Waals surface area contributed by atoms with Crippen LogP contribution in [0.1, 0.15) is 70.9 Å². The van der Waals surface area contributed by atoms with E-state index in [1.165, 1.54) is 24.0 Å². The van der Waals surface area contributed by atoms with Crippen LogP contribution in [0.4, 0.5) is 0 Å². The molecule has 1 saturated heterocycles. The number of ether oxygens (including phenoxy) is 1. The van der Waals surface area contributed by atoms with Crippen molar-refractivity contribution >= 4 is 10.0 Å². The van der Waals surface area contributed by atoms with Crippen LogP contribution in [-0.2, 0) is 21.2 Å². The molecule has 186 valence electrons. The van der Waals surface area contributed by atoms with Crippen LogP contribution in [-0.4, -0.2) is 63.1 Å². The number of hydrogen-bond acceptors (Lipinski definition) is 4. The van der Waals surface area contributed by atoms with Gasteiger partial charge in [-0.15, -0.1) is 0 Å². The maximum absolute atomic E-state index is 13.4. The van der Waals surface area contributed by atoms with E-state index in [0.29, 0.717) is 24.5 Å². The predicted molar refractivity (Wildman–Crippen MR) is 139 cm³/mol. The number of rotatable bonds is 12. The van der Waals surface area contributed by atoms with E-state index in [0.717, 1.165) is 19.5 Å². The third-order valence-corrected chi connectivity index (χ3v) is 8.47. The normalized spacial score (nSPS) is 21.7. The third kappa shape index (κ3) is 8.06. The van der Waals surface area contributed by atoms with Gasteiger partial charge in [0.15, 0.2) is 0 Å². The average Bonchev–Trinajstić information content (AvgIpc) is 2.78. The molecule has 1 aliphatic rings. The molecule has 6 heteroatoms. The lowest BCUT2D eigenvalue weighted by atomic mass is 9.98. The van der Waals surface area contributed by atoms with E-state index < -0.39 is 10.0 Å². The largest absolute Gasteiger partial charge is 0.378 e. The first-order valence-electron chi connectivity index (χ1n) is 12.5. The van der Waals surface area contributed by atoms with Crippen LogP contribution >= 0.6 is 0 Å². The van der Waals surface area contributed by atoms with Crippen molar-refractivity contribution in [3.8, 4) is 0 Å². The highest BCUT2D eigenvalue weighted by Gasteiger charge is 2.36. The molecular weight excluding hydrogens is 432 g/mol. The summed E-state index contributed by atoms with van der Waals surface area (Å²) in [4.78, 5) is 2.77. The maximum atomic E-state index is 13.4. The molecule has 1 aromatic carbocycles. The molecule has 3 unspecified atom stereocenters. The summed E-state index contributed by atoms with van der Waals surface area (Å²) in [6, 6.07) is 8.39. The molecule has 0 saturated carbocycles. The molecule has 1 aliphatic heterocycles. The summed E-state index contributed by atoms with van der Waals surface area (Å²) in [6.45, 7) is 13.2. The van der Waals surface area contributed by atoms with Gasteiger partial charge in [0.2, 0.25) is 10.0 Å². The fraction of sp³-hybridized carbons (Fsp3) is 0.630. The van der Waals surface area contributed by atoms with Gasteiger partial charge in [-0.2, -0.15) is 4.31 Å². The van der Waals surface area contributed by atoms with Crippen molar-refractivity contribution in [2.24, 2.45) is 0 Å². The second-order valence-corrected chi connectivity index (χ2v) is 11.2. The molecule has 0 radical (unpaired) electrons. The van der Waals surface area contributed by atoms with E-state index in [1.807, 2.05) is 32.9 Å². The summed E-state index contributed by atoms with van der Waals surface area (Å²) in [5.41, 5.74) is 2.53. The van der Waals surface area contributed by atoms with Gasteiger partial charge in [0.1, 0.15) is 0 Å². The third-order valence-electron chi connectivity index (χ3n) is 6.30. The van der Waals surface area contributed by atoms with Crippen LogP contribution < -0.4 is 0 Å². The van der Waals surface area contributed by atoms with Gasteiger partial charge in [-0.05, 0) is 69.8 Å². The smallest absolute Gasteiger partial charge is 0.243 e. The summed E-state index contributed by atoms with van der Waals surface area (Å²) < 4.78 is 34.0. The Morgan fingerprint density at radius 1 is 1.15 bits per heavy atom. The average molecular weight is 477 g/mol. The molecular formula is C27H44N2O3S. The minimum atomic E-state index is -3.57. The van der Waals surface area contributed by atoms with Gasteiger partial charge in [0.25, 0.3) is 0 Å². The Morgan fingerprint density at radius 3 is 2.36 bits per heavy atom. The quantitative estimate of drug-likeness (QED) is 0.381. The van der Waals surface area contributed by atoms with E-state index in [2.05, 4.69) is 50.1 Å². The Bertz CT molecular complexity index is 867. The molecule has 0 spiro atoms. The molecule has 0 N–H and O–H groups in total. The van der Waals surface area contributed by atoms with Crippen LogP contribution in [0.15, 0.2) is 47.4 Å². The van der Waals surface area contributed by atoms with E-state index in [-0.39, 0.29) is 18.0 Å². The van der Waals surface area contributed by atoms with Crippen LogP contribution in [0.25, 0.3) is 0 Å². The van der Waals surface area contributed by atoms with E-state index >= 15 is 0 Å². The maximum Gasteiger partial charge on any atom is 0.243 e. The number of nitrogens with zero attached hydrogens (tertiary/aromatic N) is 2. The Morgan fingerprint density at radius 2 is 1.79 bits per heavy atom. The Kier molecular flexibility index (Phi) is 11.3. The number of likely N-dealkylation sites (N-methyl/N-ethyl adjacent to an activating group) is 1. The van der Waals surface area contributed by atoms with Crippen LogP contribution in [0, 0.1) is 0 Å². The van der Waals surface area contributed by atoms with Gasteiger partial charge in [0, 0.05) is 18.6 Å². The minimum Gasteiger partial charge on any atom is -0.378 e. The zero-order valence-electron chi connectivity index (χ0n) is 21.5. The molecule has 0 amide bonds. The molecule has 5 nitrogen and oxygen atoms in total. The number of allylic oxidation sites excluding steroid dienone is 3. The van der Waals surface area contributed by atoms with Gasteiger partial charge >= 0.3 is 0 Å². The molecule has 1 fully saturated rings. The zero-order valence-corrected chi connectivity index (χ0v) is 22.3. The molecule has 3 atom stereocenters. The van der Waals surface area contributed by atoms with Gasteiger partial charge < -0.3 is 9.64 Å². The van der Waals surface area contributed by atoms with E-state index in [4.69, 9.17) is 4.74 Å². The summed E-state index contributed by atoms with van der Waals surface area (Å²) in [5, 5.41) is 0. The van der Waals surface area contributed by atoms with Crippen LogP contribution in [0.3, 0.4) is 0 Å². The van der Waals surface area contributed by atoms with Crippen molar-refractivity contribution in [3.63, 3.8) is 0 Å². The number of sulfonamides is 1. The Hall–Kier alpha value is -1.47. The lowest BCUT2D eigenvalue weighted by Crippen LogP contribution is -2.52. The number of hydrogen-bond donors (Lipinski definition) is 0. The zero-order chi connectivity index (χ0) is 24.4. The summed E-state index contributed by atoms with van der Waals surface area (Å²) in [6.07, 6.45) is 9.78. The van der Waals surface area contributed by atoms with Crippen LogP contribution in [0.5, 0.6) is 0 Å². The Balaban J connectivity index is 2.07. The predicted octanol–water partition coefficient (Wildman–Crippen LogP) is 5.35. The van der Waals surface area contributed by atoms with Gasteiger partial charge in [-0.1, -0.05) is 63.6 Å². The number of morpholine rings is 1. The van der Waals surface area contributed by atoms with E-state index in [1.54, 1.807) is 10.4 Å². The first-order valence-corrected chi connectivity index (χ1v) is 13.9. The van der Waals surface area contributed by atoms with Gasteiger partial charge in [-0.3, -0.25) is 0 Å². The highest BCUT2D eigenvalue weighted by molar-refractivity contribution is 7.93. The molecule has 1 heterocycles. The number of benzene rings is 1. The number of unbranched alkanes of at least 4 members (excludes halogenated alkanes) is 1. The first kappa shape index (κ1) is 27.8. The molecule has 0 aromatic heterocycles. The van der Waals surface area contributed by atoms with Gasteiger partial charge in [-0.25, -0.2) is 8.42 Å². The standard InChI is InChI=1S/C27H44N2O3S/c1-7-9-18-28(6)19-17-25-12-14-26(15-13-25)22(3)11-16-27(10-8-2)33(30,31)29-23(4)20-32-21-24(29)5/h10-16,22-24H,7-9,17-21H2,1-6H3/b16-11-,27-10+. The Labute approximate surface area is 202 Å². The molecule has 33 heavy (non-hydrogen) atoms.